The first-order chi connectivity index (χ1) is 15.8. The van der Waals surface area contributed by atoms with Crippen LogP contribution in [0.1, 0.15) is 11.1 Å². The summed E-state index contributed by atoms with van der Waals surface area (Å²) in [5.41, 5.74) is 2.41. The normalized spacial score (nSPS) is 11.0. The Morgan fingerprint density at radius 1 is 0.909 bits per heavy atom. The molecule has 0 bridgehead atoms. The van der Waals surface area contributed by atoms with Crippen molar-refractivity contribution in [2.75, 3.05) is 31.1 Å². The van der Waals surface area contributed by atoms with Crippen LogP contribution >= 0.6 is 0 Å². The molecule has 0 spiro atoms. The molecule has 0 saturated carbocycles. The fourth-order valence-corrected chi connectivity index (χ4v) is 4.63. The summed E-state index contributed by atoms with van der Waals surface area (Å²) in [5, 5.41) is 2.73. The third-order valence-corrected chi connectivity index (χ3v) is 6.94. The molecule has 1 N–H and O–H groups in total. The number of amides is 1. The van der Waals surface area contributed by atoms with Gasteiger partial charge in [-0.3, -0.25) is 9.10 Å². The quantitative estimate of drug-likeness (QED) is 0.459. The van der Waals surface area contributed by atoms with E-state index in [-0.39, 0.29) is 24.6 Å². The summed E-state index contributed by atoms with van der Waals surface area (Å²) in [6.45, 7) is 3.92. The monoisotopic (exact) mass is 468 g/mol. The van der Waals surface area contributed by atoms with Crippen molar-refractivity contribution in [1.82, 2.24) is 5.32 Å². The Balaban J connectivity index is 1.72. The number of hydrogen-bond acceptors (Lipinski definition) is 5. The summed E-state index contributed by atoms with van der Waals surface area (Å²) in [6.07, 6.45) is 0. The van der Waals surface area contributed by atoms with Crippen LogP contribution in [0.15, 0.2) is 77.7 Å². The van der Waals surface area contributed by atoms with Crippen LogP contribution in [-0.4, -0.2) is 41.1 Å². The molecule has 0 aliphatic heterocycles. The zero-order valence-corrected chi connectivity index (χ0v) is 19.8. The number of anilines is 1. The molecule has 33 heavy (non-hydrogen) atoms. The second-order valence-corrected chi connectivity index (χ2v) is 9.30. The number of aryl methyl sites for hydroxylation is 2. The van der Waals surface area contributed by atoms with E-state index in [0.717, 1.165) is 15.4 Å². The number of benzene rings is 3. The third-order valence-electron chi connectivity index (χ3n) is 5.15. The van der Waals surface area contributed by atoms with Gasteiger partial charge in [0, 0.05) is 0 Å². The van der Waals surface area contributed by atoms with Crippen molar-refractivity contribution in [2.24, 2.45) is 0 Å². The lowest BCUT2D eigenvalue weighted by atomic mass is 10.1. The summed E-state index contributed by atoms with van der Waals surface area (Å²) in [4.78, 5) is 12.8. The van der Waals surface area contributed by atoms with E-state index >= 15 is 0 Å². The van der Waals surface area contributed by atoms with E-state index in [1.54, 1.807) is 49.6 Å². The third kappa shape index (κ3) is 6.04. The van der Waals surface area contributed by atoms with E-state index < -0.39 is 15.9 Å². The molecule has 174 valence electrons. The summed E-state index contributed by atoms with van der Waals surface area (Å²) in [6, 6.07) is 20.6. The maximum Gasteiger partial charge on any atom is 0.264 e. The van der Waals surface area contributed by atoms with E-state index in [1.807, 2.05) is 32.0 Å². The number of nitrogens with one attached hydrogen (secondary N) is 1. The standard InChI is InChI=1S/C25H28N2O5S/c1-19-13-14-21(17-20(19)2)27(33(29,30)22-9-5-4-6-10-22)18-25(28)26-15-16-32-24-12-8-7-11-23(24)31-3/h4-14,17H,15-16,18H2,1-3H3,(H,26,28). The molecule has 3 aromatic rings. The van der Waals surface area contributed by atoms with Crippen LogP contribution in [0.4, 0.5) is 5.69 Å². The molecule has 0 aliphatic rings. The molecule has 1 amide bonds. The van der Waals surface area contributed by atoms with Gasteiger partial charge in [-0.25, -0.2) is 8.42 Å². The highest BCUT2D eigenvalue weighted by atomic mass is 32.2. The van der Waals surface area contributed by atoms with Gasteiger partial charge in [0.25, 0.3) is 10.0 Å². The SMILES string of the molecule is COc1ccccc1OCCNC(=O)CN(c1ccc(C)c(C)c1)S(=O)(=O)c1ccccc1. The largest absolute Gasteiger partial charge is 0.493 e. The number of rotatable bonds is 10. The van der Waals surface area contributed by atoms with Crippen molar-refractivity contribution in [3.05, 3.63) is 83.9 Å². The minimum atomic E-state index is -3.94. The fourth-order valence-electron chi connectivity index (χ4n) is 3.19. The lowest BCUT2D eigenvalue weighted by Gasteiger charge is -2.25. The van der Waals surface area contributed by atoms with Crippen LogP contribution in [0.2, 0.25) is 0 Å². The number of methoxy groups -OCH3 is 1. The van der Waals surface area contributed by atoms with Crippen molar-refractivity contribution < 1.29 is 22.7 Å². The second-order valence-electron chi connectivity index (χ2n) is 7.44. The predicted octanol–water partition coefficient (Wildman–Crippen LogP) is 3.70. The van der Waals surface area contributed by atoms with Crippen molar-refractivity contribution in [3.8, 4) is 11.5 Å². The second kappa shape index (κ2) is 10.9. The van der Waals surface area contributed by atoms with Gasteiger partial charge in [-0.05, 0) is 61.4 Å². The van der Waals surface area contributed by atoms with Gasteiger partial charge in [0.2, 0.25) is 5.91 Å². The zero-order valence-electron chi connectivity index (χ0n) is 18.9. The van der Waals surface area contributed by atoms with E-state index in [1.165, 1.54) is 12.1 Å². The van der Waals surface area contributed by atoms with E-state index in [0.29, 0.717) is 17.2 Å². The Morgan fingerprint density at radius 2 is 1.58 bits per heavy atom. The molecule has 0 atom stereocenters. The van der Waals surface area contributed by atoms with Gasteiger partial charge in [-0.15, -0.1) is 0 Å². The molecule has 0 radical (unpaired) electrons. The van der Waals surface area contributed by atoms with Crippen molar-refractivity contribution in [2.45, 2.75) is 18.7 Å². The van der Waals surface area contributed by atoms with Crippen LogP contribution < -0.4 is 19.1 Å². The number of hydrogen-bond donors (Lipinski definition) is 1. The molecule has 0 aliphatic carbocycles. The highest BCUT2D eigenvalue weighted by molar-refractivity contribution is 7.92. The molecule has 3 rings (SSSR count). The average molecular weight is 469 g/mol. The van der Waals surface area contributed by atoms with Gasteiger partial charge >= 0.3 is 0 Å². The maximum absolute atomic E-state index is 13.4. The highest BCUT2D eigenvalue weighted by Crippen LogP contribution is 2.26. The molecular weight excluding hydrogens is 440 g/mol. The van der Waals surface area contributed by atoms with Crippen LogP contribution in [0, 0.1) is 13.8 Å². The van der Waals surface area contributed by atoms with Gasteiger partial charge in [0.15, 0.2) is 11.5 Å². The van der Waals surface area contributed by atoms with Crippen molar-refractivity contribution in [1.29, 1.82) is 0 Å². The summed E-state index contributed by atoms with van der Waals surface area (Å²) in [7, 11) is -2.38. The lowest BCUT2D eigenvalue weighted by Crippen LogP contribution is -2.42. The van der Waals surface area contributed by atoms with Crippen LogP contribution in [-0.2, 0) is 14.8 Å². The number of carbonyl (C=O) groups excluding carboxylic acids is 1. The number of carbonyl (C=O) groups is 1. The zero-order chi connectivity index (χ0) is 23.8. The molecule has 8 heteroatoms. The predicted molar refractivity (Wildman–Crippen MR) is 128 cm³/mol. The number of para-hydroxylation sites is 2. The molecule has 0 heterocycles. The van der Waals surface area contributed by atoms with Gasteiger partial charge < -0.3 is 14.8 Å². The molecule has 0 saturated heterocycles. The Labute approximate surface area is 195 Å². The van der Waals surface area contributed by atoms with Gasteiger partial charge in [-0.2, -0.15) is 0 Å². The van der Waals surface area contributed by atoms with E-state index in [9.17, 15) is 13.2 Å². The maximum atomic E-state index is 13.4. The minimum Gasteiger partial charge on any atom is -0.493 e. The van der Waals surface area contributed by atoms with E-state index in [4.69, 9.17) is 9.47 Å². The Kier molecular flexibility index (Phi) is 7.95. The Bertz CT molecular complexity index is 1200. The van der Waals surface area contributed by atoms with E-state index in [2.05, 4.69) is 5.32 Å². The minimum absolute atomic E-state index is 0.121. The first kappa shape index (κ1) is 24.1. The number of sulfonamides is 1. The summed E-state index contributed by atoms with van der Waals surface area (Å²) >= 11 is 0. The van der Waals surface area contributed by atoms with Crippen LogP contribution in [0.25, 0.3) is 0 Å². The highest BCUT2D eigenvalue weighted by Gasteiger charge is 2.27. The smallest absolute Gasteiger partial charge is 0.264 e. The van der Waals surface area contributed by atoms with Gasteiger partial charge in [0.05, 0.1) is 24.2 Å². The topological polar surface area (TPSA) is 84.9 Å². The Morgan fingerprint density at radius 3 is 2.24 bits per heavy atom. The summed E-state index contributed by atoms with van der Waals surface area (Å²) in [5.74, 6) is 0.729. The molecule has 7 nitrogen and oxygen atoms in total. The Hall–Kier alpha value is -3.52. The molecule has 0 aromatic heterocycles. The average Bonchev–Trinajstić information content (AvgIpc) is 2.83. The molecular formula is C25H28N2O5S. The lowest BCUT2D eigenvalue weighted by molar-refractivity contribution is -0.119. The van der Waals surface area contributed by atoms with Crippen LogP contribution in [0.5, 0.6) is 11.5 Å². The molecule has 0 unspecified atom stereocenters. The van der Waals surface area contributed by atoms with Crippen LogP contribution in [0.3, 0.4) is 0 Å². The fraction of sp³-hybridized carbons (Fsp3) is 0.240. The first-order valence-corrected chi connectivity index (χ1v) is 11.9. The first-order valence-electron chi connectivity index (χ1n) is 10.5. The summed E-state index contributed by atoms with van der Waals surface area (Å²) < 4.78 is 38.7. The van der Waals surface area contributed by atoms with Gasteiger partial charge in [-0.1, -0.05) is 36.4 Å². The molecule has 0 fully saturated rings. The van der Waals surface area contributed by atoms with Crippen molar-refractivity contribution >= 4 is 21.6 Å². The molecule has 3 aromatic carbocycles. The number of ether oxygens (including phenoxy) is 2. The van der Waals surface area contributed by atoms with Gasteiger partial charge in [0.1, 0.15) is 13.2 Å². The van der Waals surface area contributed by atoms with Crippen molar-refractivity contribution in [3.63, 3.8) is 0 Å². The number of nitrogens with zero attached hydrogens (tertiary/aromatic N) is 1.